The van der Waals surface area contributed by atoms with E-state index in [1.165, 1.54) is 29.2 Å². The fourth-order valence-electron chi connectivity index (χ4n) is 3.42. The third-order valence-electron chi connectivity index (χ3n) is 5.10. The van der Waals surface area contributed by atoms with Gasteiger partial charge in [0.2, 0.25) is 5.91 Å². The van der Waals surface area contributed by atoms with Crippen molar-refractivity contribution in [3.8, 4) is 6.07 Å². The van der Waals surface area contributed by atoms with Crippen LogP contribution in [0.15, 0.2) is 81.8 Å². The molecule has 1 aliphatic rings. The van der Waals surface area contributed by atoms with Gasteiger partial charge < -0.3 is 5.32 Å². The Hall–Kier alpha value is -2.83. The van der Waals surface area contributed by atoms with Crippen molar-refractivity contribution >= 4 is 74.1 Å². The molecule has 0 aliphatic carbocycles. The summed E-state index contributed by atoms with van der Waals surface area (Å²) in [5.41, 5.74) is 1.37. The third kappa shape index (κ3) is 5.71. The van der Waals surface area contributed by atoms with Crippen molar-refractivity contribution in [1.82, 2.24) is 0 Å². The maximum Gasteiger partial charge on any atom is 0.269 e. The number of carbonyl (C=O) groups is 2. The lowest BCUT2D eigenvalue weighted by atomic mass is 10.1. The summed E-state index contributed by atoms with van der Waals surface area (Å²) in [5, 5.41) is 12.9. The highest BCUT2D eigenvalue weighted by Gasteiger charge is 2.41. The molecule has 1 atom stereocenters. The maximum absolute atomic E-state index is 13.6. The molecular weight excluding hydrogens is 576 g/mol. The van der Waals surface area contributed by atoms with Gasteiger partial charge in [0, 0.05) is 15.8 Å². The fourth-order valence-corrected chi connectivity index (χ4v) is 5.31. The molecule has 0 radical (unpaired) electrons. The number of nitrogens with one attached hydrogen (secondary N) is 1. The zero-order chi connectivity index (χ0) is 25.1. The summed E-state index contributed by atoms with van der Waals surface area (Å²) < 4.78 is 14.4. The second-order valence-electron chi connectivity index (χ2n) is 7.46. The molecule has 2 amide bonds. The normalized spacial score (nSPS) is 16.7. The minimum absolute atomic E-state index is 0.170. The van der Waals surface area contributed by atoms with Crippen LogP contribution in [0.3, 0.4) is 0 Å². The summed E-state index contributed by atoms with van der Waals surface area (Å²) in [6.45, 7) is 0. The van der Waals surface area contributed by atoms with Crippen LogP contribution in [0.5, 0.6) is 0 Å². The van der Waals surface area contributed by atoms with Gasteiger partial charge in [-0.3, -0.25) is 14.5 Å². The van der Waals surface area contributed by atoms with E-state index in [1.807, 2.05) is 6.07 Å². The number of anilines is 2. The Morgan fingerprint density at radius 2 is 1.77 bits per heavy atom. The number of hydrogen-bond donors (Lipinski definition) is 1. The van der Waals surface area contributed by atoms with E-state index < -0.39 is 17.0 Å². The lowest BCUT2D eigenvalue weighted by molar-refractivity contribution is -0.117. The zero-order valence-electron chi connectivity index (χ0n) is 17.8. The Morgan fingerprint density at radius 3 is 2.40 bits per heavy atom. The van der Waals surface area contributed by atoms with Crippen molar-refractivity contribution in [2.45, 2.75) is 11.7 Å². The van der Waals surface area contributed by atoms with Crippen molar-refractivity contribution < 1.29 is 14.0 Å². The first-order valence-corrected chi connectivity index (χ1v) is 12.6. The fraction of sp³-hybridized carbons (Fsp3) is 0.0800. The molecule has 3 aromatic carbocycles. The van der Waals surface area contributed by atoms with Gasteiger partial charge in [0.15, 0.2) is 0 Å². The summed E-state index contributed by atoms with van der Waals surface area (Å²) >= 11 is 16.6. The molecule has 4 rings (SSSR count). The van der Waals surface area contributed by atoms with Crippen molar-refractivity contribution in [3.63, 3.8) is 0 Å². The highest BCUT2D eigenvalue weighted by molar-refractivity contribution is 9.10. The summed E-state index contributed by atoms with van der Waals surface area (Å²) in [7, 11) is 0. The molecule has 35 heavy (non-hydrogen) atoms. The van der Waals surface area contributed by atoms with Crippen LogP contribution < -0.4 is 10.2 Å². The van der Waals surface area contributed by atoms with Gasteiger partial charge in [0.25, 0.3) is 5.91 Å². The standard InChI is InChI=1S/C25H15BrCl2FN3O2S/c26-15-2-6-17(7-3-15)31-23(33)19(13-30)25-32(18-8-4-16(29)5-9-18)24(34)22(35-25)12-14-1-10-20(27)21(28)11-14/h1-11,22H,12H2,(H,31,33). The van der Waals surface area contributed by atoms with Gasteiger partial charge in [-0.15, -0.1) is 0 Å². The molecular formula is C25H15BrCl2FN3O2S. The van der Waals surface area contributed by atoms with E-state index in [0.29, 0.717) is 21.4 Å². The van der Waals surface area contributed by atoms with Gasteiger partial charge in [-0.05, 0) is 72.6 Å². The molecule has 1 aliphatic heterocycles. The predicted molar refractivity (Wildman–Crippen MR) is 141 cm³/mol. The van der Waals surface area contributed by atoms with E-state index >= 15 is 0 Å². The topological polar surface area (TPSA) is 73.2 Å². The lowest BCUT2D eigenvalue weighted by Crippen LogP contribution is -2.31. The minimum atomic E-state index is -0.660. The molecule has 1 fully saturated rings. The number of rotatable bonds is 5. The zero-order valence-corrected chi connectivity index (χ0v) is 21.7. The van der Waals surface area contributed by atoms with E-state index in [4.69, 9.17) is 23.2 Å². The molecule has 176 valence electrons. The number of nitrogens with zero attached hydrogens (tertiary/aromatic N) is 2. The summed E-state index contributed by atoms with van der Waals surface area (Å²) in [6, 6.07) is 19.2. The van der Waals surface area contributed by atoms with Crippen LogP contribution >= 0.6 is 50.9 Å². The van der Waals surface area contributed by atoms with E-state index in [2.05, 4.69) is 21.2 Å². The number of carbonyl (C=O) groups excluding carboxylic acids is 2. The quantitative estimate of drug-likeness (QED) is 0.257. The van der Waals surface area contributed by atoms with E-state index in [0.717, 1.165) is 21.8 Å². The predicted octanol–water partition coefficient (Wildman–Crippen LogP) is 6.96. The van der Waals surface area contributed by atoms with Crippen LogP contribution in [0.25, 0.3) is 0 Å². The van der Waals surface area contributed by atoms with Gasteiger partial charge in [0.05, 0.1) is 15.3 Å². The average molecular weight is 591 g/mol. The average Bonchev–Trinajstić information content (AvgIpc) is 3.14. The monoisotopic (exact) mass is 589 g/mol. The second-order valence-corrected chi connectivity index (χ2v) is 10.4. The molecule has 1 N–H and O–H groups in total. The van der Waals surface area contributed by atoms with Gasteiger partial charge in [-0.25, -0.2) is 4.39 Å². The highest BCUT2D eigenvalue weighted by atomic mass is 79.9. The Balaban J connectivity index is 1.72. The Labute approximate surface area is 223 Å². The molecule has 0 saturated carbocycles. The van der Waals surface area contributed by atoms with Gasteiger partial charge >= 0.3 is 0 Å². The molecule has 3 aromatic rings. The maximum atomic E-state index is 13.6. The number of thioether (sulfide) groups is 1. The molecule has 10 heteroatoms. The number of halogens is 4. The Kier molecular flexibility index (Phi) is 7.82. The molecule has 1 unspecified atom stereocenters. The van der Waals surface area contributed by atoms with Crippen molar-refractivity contribution in [3.05, 3.63) is 103 Å². The first kappa shape index (κ1) is 25.3. The second kappa shape index (κ2) is 10.8. The van der Waals surface area contributed by atoms with Crippen LogP contribution in [0.1, 0.15) is 5.56 Å². The molecule has 5 nitrogen and oxygen atoms in total. The molecule has 1 saturated heterocycles. The molecule has 0 aromatic heterocycles. The van der Waals surface area contributed by atoms with Gasteiger partial charge in [-0.1, -0.05) is 57.0 Å². The summed E-state index contributed by atoms with van der Waals surface area (Å²) in [5.74, 6) is -1.47. The van der Waals surface area contributed by atoms with Crippen LogP contribution in [-0.2, 0) is 16.0 Å². The van der Waals surface area contributed by atoms with Crippen molar-refractivity contribution in [1.29, 1.82) is 5.26 Å². The van der Waals surface area contributed by atoms with Crippen LogP contribution in [0.2, 0.25) is 10.0 Å². The third-order valence-corrected chi connectivity index (χ3v) is 7.63. The van der Waals surface area contributed by atoms with Crippen LogP contribution in [-0.4, -0.2) is 17.1 Å². The van der Waals surface area contributed by atoms with Gasteiger partial charge in [0.1, 0.15) is 22.5 Å². The number of nitriles is 1. The Morgan fingerprint density at radius 1 is 1.09 bits per heavy atom. The molecule has 0 bridgehead atoms. The van der Waals surface area contributed by atoms with Crippen LogP contribution in [0.4, 0.5) is 15.8 Å². The summed E-state index contributed by atoms with van der Waals surface area (Å²) in [4.78, 5) is 27.8. The van der Waals surface area contributed by atoms with Crippen molar-refractivity contribution in [2.24, 2.45) is 0 Å². The number of amides is 2. The number of benzene rings is 3. The van der Waals surface area contributed by atoms with Crippen molar-refractivity contribution in [2.75, 3.05) is 10.2 Å². The summed E-state index contributed by atoms with van der Waals surface area (Å²) in [6.07, 6.45) is 0.286. The molecule has 1 heterocycles. The van der Waals surface area contributed by atoms with Crippen LogP contribution in [0, 0.1) is 17.1 Å². The molecule has 0 spiro atoms. The largest absolute Gasteiger partial charge is 0.321 e. The minimum Gasteiger partial charge on any atom is -0.321 e. The first-order chi connectivity index (χ1) is 16.8. The highest BCUT2D eigenvalue weighted by Crippen LogP contribution is 2.42. The first-order valence-electron chi connectivity index (χ1n) is 10.2. The van der Waals surface area contributed by atoms with E-state index in [9.17, 15) is 19.2 Å². The van der Waals surface area contributed by atoms with Gasteiger partial charge in [-0.2, -0.15) is 5.26 Å². The SMILES string of the molecule is N#CC(C(=O)Nc1ccc(Br)cc1)=C1SC(Cc2ccc(Cl)c(Cl)c2)C(=O)N1c1ccc(F)cc1. The Bertz CT molecular complexity index is 1370. The smallest absolute Gasteiger partial charge is 0.269 e. The lowest BCUT2D eigenvalue weighted by Gasteiger charge is -2.18. The van der Waals surface area contributed by atoms with E-state index in [1.54, 1.807) is 42.5 Å². The van der Waals surface area contributed by atoms with E-state index in [-0.39, 0.29) is 22.9 Å². The number of hydrogen-bond acceptors (Lipinski definition) is 4.